The smallest absolute Gasteiger partial charge is 0.182 e. The number of hydrogen-bond acceptors (Lipinski definition) is 4. The monoisotopic (exact) mass is 273 g/mol. The van der Waals surface area contributed by atoms with Crippen molar-refractivity contribution in [3.05, 3.63) is 35.1 Å². The molecule has 0 fully saturated rings. The predicted molar refractivity (Wildman–Crippen MR) is 67.8 cm³/mol. The van der Waals surface area contributed by atoms with E-state index in [9.17, 15) is 17.6 Å². The Balaban J connectivity index is 2.83. The zero-order chi connectivity index (χ0) is 13.9. The summed E-state index contributed by atoms with van der Waals surface area (Å²) in [6.45, 7) is 1.73. The van der Waals surface area contributed by atoms with E-state index in [1.165, 1.54) is 12.1 Å². The number of sulfone groups is 1. The quantitative estimate of drug-likeness (QED) is 0.814. The number of halogens is 1. The number of carbonyl (C=O) groups excluding carboxylic acids is 1. The van der Waals surface area contributed by atoms with E-state index in [1.807, 2.05) is 0 Å². The van der Waals surface area contributed by atoms with Crippen molar-refractivity contribution in [3.63, 3.8) is 0 Å². The van der Waals surface area contributed by atoms with Gasteiger partial charge in [0, 0.05) is 6.26 Å². The Morgan fingerprint density at radius 1 is 1.44 bits per heavy atom. The summed E-state index contributed by atoms with van der Waals surface area (Å²) < 4.78 is 35.4. The second-order valence-corrected chi connectivity index (χ2v) is 6.63. The van der Waals surface area contributed by atoms with Crippen molar-refractivity contribution in [1.82, 2.24) is 0 Å². The number of hydrogen-bond donors (Lipinski definition) is 1. The minimum Gasteiger partial charge on any atom is -0.321 e. The van der Waals surface area contributed by atoms with Crippen LogP contribution < -0.4 is 5.73 Å². The fourth-order valence-corrected chi connectivity index (χ4v) is 2.18. The molecule has 0 radical (unpaired) electrons. The van der Waals surface area contributed by atoms with Gasteiger partial charge < -0.3 is 5.73 Å². The predicted octanol–water partition coefficient (Wildman–Crippen LogP) is 1.08. The SMILES string of the molecule is Cc1ccc(F)c(C(=O)C(N)CCS(C)(=O)=O)c1. The van der Waals surface area contributed by atoms with Gasteiger partial charge in [-0.15, -0.1) is 0 Å². The number of aryl methyl sites for hydroxylation is 1. The average molecular weight is 273 g/mol. The second kappa shape index (κ2) is 5.58. The summed E-state index contributed by atoms with van der Waals surface area (Å²) in [6, 6.07) is 3.16. The van der Waals surface area contributed by atoms with E-state index in [0.717, 1.165) is 11.8 Å². The van der Waals surface area contributed by atoms with Crippen LogP contribution >= 0.6 is 0 Å². The average Bonchev–Trinajstić information content (AvgIpc) is 2.27. The Morgan fingerprint density at radius 2 is 2.06 bits per heavy atom. The number of Topliss-reactive ketones (excluding diaryl/α,β-unsaturated/α-hetero) is 1. The lowest BCUT2D eigenvalue weighted by molar-refractivity contribution is 0.0955. The fourth-order valence-electron chi connectivity index (χ4n) is 1.50. The highest BCUT2D eigenvalue weighted by Gasteiger charge is 2.20. The van der Waals surface area contributed by atoms with Gasteiger partial charge in [-0.3, -0.25) is 4.79 Å². The molecule has 1 aromatic rings. The van der Waals surface area contributed by atoms with Gasteiger partial charge in [0.25, 0.3) is 0 Å². The van der Waals surface area contributed by atoms with Crippen LogP contribution in [0.4, 0.5) is 4.39 Å². The van der Waals surface area contributed by atoms with Crippen molar-refractivity contribution in [3.8, 4) is 0 Å². The summed E-state index contributed by atoms with van der Waals surface area (Å²) >= 11 is 0. The zero-order valence-corrected chi connectivity index (χ0v) is 11.1. The van der Waals surface area contributed by atoms with Crippen molar-refractivity contribution in [2.45, 2.75) is 19.4 Å². The molecule has 0 aliphatic carbocycles. The van der Waals surface area contributed by atoms with Crippen LogP contribution in [0.1, 0.15) is 22.3 Å². The van der Waals surface area contributed by atoms with Crippen molar-refractivity contribution >= 4 is 15.6 Å². The van der Waals surface area contributed by atoms with Gasteiger partial charge in [-0.2, -0.15) is 0 Å². The number of nitrogens with two attached hydrogens (primary N) is 1. The van der Waals surface area contributed by atoms with Gasteiger partial charge in [0.2, 0.25) is 0 Å². The van der Waals surface area contributed by atoms with E-state index in [0.29, 0.717) is 0 Å². The van der Waals surface area contributed by atoms with Crippen LogP contribution in [-0.2, 0) is 9.84 Å². The molecule has 0 spiro atoms. The topological polar surface area (TPSA) is 77.2 Å². The minimum atomic E-state index is -3.18. The van der Waals surface area contributed by atoms with Crippen LogP contribution in [0, 0.1) is 12.7 Å². The summed E-state index contributed by atoms with van der Waals surface area (Å²) in [7, 11) is -3.18. The molecule has 100 valence electrons. The Bertz CT molecular complexity index is 554. The lowest BCUT2D eigenvalue weighted by Crippen LogP contribution is -2.33. The third-order valence-corrected chi connectivity index (χ3v) is 3.50. The van der Waals surface area contributed by atoms with Crippen LogP contribution in [0.2, 0.25) is 0 Å². The highest BCUT2D eigenvalue weighted by Crippen LogP contribution is 2.13. The highest BCUT2D eigenvalue weighted by atomic mass is 32.2. The molecule has 6 heteroatoms. The number of benzene rings is 1. The van der Waals surface area contributed by atoms with Crippen LogP contribution in [0.5, 0.6) is 0 Å². The molecule has 1 rings (SSSR count). The van der Waals surface area contributed by atoms with Crippen molar-refractivity contribution < 1.29 is 17.6 Å². The fraction of sp³-hybridized carbons (Fsp3) is 0.417. The number of ketones is 1. The summed E-state index contributed by atoms with van der Waals surface area (Å²) in [6.07, 6.45) is 1.06. The van der Waals surface area contributed by atoms with E-state index in [1.54, 1.807) is 13.0 Å². The van der Waals surface area contributed by atoms with Gasteiger partial charge in [-0.1, -0.05) is 11.6 Å². The summed E-state index contributed by atoms with van der Waals surface area (Å²) in [5, 5.41) is 0. The molecule has 0 aliphatic rings. The molecule has 1 aromatic carbocycles. The number of carbonyl (C=O) groups is 1. The molecule has 0 aromatic heterocycles. The van der Waals surface area contributed by atoms with Gasteiger partial charge in [0.1, 0.15) is 15.7 Å². The third kappa shape index (κ3) is 4.19. The largest absolute Gasteiger partial charge is 0.321 e. The molecule has 0 saturated heterocycles. The van der Waals surface area contributed by atoms with Crippen LogP contribution in [0.3, 0.4) is 0 Å². The molecule has 0 saturated carbocycles. The molecule has 2 N–H and O–H groups in total. The number of rotatable bonds is 5. The van der Waals surface area contributed by atoms with Crippen molar-refractivity contribution in [2.75, 3.05) is 12.0 Å². The highest BCUT2D eigenvalue weighted by molar-refractivity contribution is 7.90. The van der Waals surface area contributed by atoms with Crippen LogP contribution in [-0.4, -0.2) is 32.3 Å². The van der Waals surface area contributed by atoms with E-state index in [4.69, 9.17) is 5.73 Å². The Kier molecular flexibility index (Phi) is 4.59. The van der Waals surface area contributed by atoms with Gasteiger partial charge in [-0.05, 0) is 25.5 Å². The molecule has 18 heavy (non-hydrogen) atoms. The normalized spacial score (nSPS) is 13.3. The molecule has 0 heterocycles. The molecular formula is C12H16FNO3S. The summed E-state index contributed by atoms with van der Waals surface area (Å²) in [5.74, 6) is -1.40. The van der Waals surface area contributed by atoms with Gasteiger partial charge in [0.15, 0.2) is 5.78 Å². The minimum absolute atomic E-state index is 0.00888. The summed E-state index contributed by atoms with van der Waals surface area (Å²) in [5.41, 5.74) is 6.25. The van der Waals surface area contributed by atoms with E-state index in [-0.39, 0.29) is 17.7 Å². The Morgan fingerprint density at radius 3 is 2.61 bits per heavy atom. The van der Waals surface area contributed by atoms with Crippen LogP contribution in [0.15, 0.2) is 18.2 Å². The molecule has 0 bridgehead atoms. The molecular weight excluding hydrogens is 257 g/mol. The van der Waals surface area contributed by atoms with Crippen molar-refractivity contribution in [1.29, 1.82) is 0 Å². The van der Waals surface area contributed by atoms with E-state index < -0.39 is 27.5 Å². The molecule has 1 atom stereocenters. The molecule has 4 nitrogen and oxygen atoms in total. The third-order valence-electron chi connectivity index (χ3n) is 2.52. The van der Waals surface area contributed by atoms with E-state index in [2.05, 4.69) is 0 Å². The first kappa shape index (κ1) is 14.8. The first-order valence-electron chi connectivity index (χ1n) is 5.44. The van der Waals surface area contributed by atoms with Gasteiger partial charge in [0.05, 0.1) is 17.4 Å². The molecule has 0 aliphatic heterocycles. The first-order valence-corrected chi connectivity index (χ1v) is 7.50. The maximum absolute atomic E-state index is 13.5. The molecule has 0 amide bonds. The Labute approximate surface area is 106 Å². The summed E-state index contributed by atoms with van der Waals surface area (Å²) in [4.78, 5) is 11.9. The van der Waals surface area contributed by atoms with Crippen molar-refractivity contribution in [2.24, 2.45) is 5.73 Å². The second-order valence-electron chi connectivity index (χ2n) is 4.37. The van der Waals surface area contributed by atoms with Crippen LogP contribution in [0.25, 0.3) is 0 Å². The van der Waals surface area contributed by atoms with E-state index >= 15 is 0 Å². The lowest BCUT2D eigenvalue weighted by Gasteiger charge is -2.11. The Hall–Kier alpha value is -1.27. The van der Waals surface area contributed by atoms with Gasteiger partial charge >= 0.3 is 0 Å². The standard InChI is InChI=1S/C12H16FNO3S/c1-8-3-4-10(13)9(7-8)12(15)11(14)5-6-18(2,16)17/h3-4,7,11H,5-6,14H2,1-2H3. The first-order chi connectivity index (χ1) is 8.20. The zero-order valence-electron chi connectivity index (χ0n) is 10.3. The maximum atomic E-state index is 13.5. The van der Waals surface area contributed by atoms with Gasteiger partial charge in [-0.25, -0.2) is 12.8 Å². The lowest BCUT2D eigenvalue weighted by atomic mass is 10.0. The maximum Gasteiger partial charge on any atom is 0.182 e. The molecule has 1 unspecified atom stereocenters.